The molecule has 0 N–H and O–H groups in total. The second-order valence-electron chi connectivity index (χ2n) is 5.48. The average molecular weight is 253 g/mol. The van der Waals surface area contributed by atoms with Crippen LogP contribution < -0.4 is 0 Å². The molecule has 2 heterocycles. The maximum absolute atomic E-state index is 11.6. The van der Waals surface area contributed by atoms with Crippen molar-refractivity contribution < 1.29 is 4.79 Å². The monoisotopic (exact) mass is 253 g/mol. The molecule has 2 saturated heterocycles. The van der Waals surface area contributed by atoms with Crippen molar-refractivity contribution in [3.8, 4) is 0 Å². The summed E-state index contributed by atoms with van der Waals surface area (Å²) in [6.45, 7) is 11.0. The third kappa shape index (κ3) is 3.95. The van der Waals surface area contributed by atoms with Crippen LogP contribution in [0.4, 0.5) is 0 Å². The molecule has 0 bridgehead atoms. The predicted molar refractivity (Wildman–Crippen MR) is 73.6 cm³/mol. The number of carbonyl (C=O) groups excluding carboxylic acids is 1. The molecule has 4 heteroatoms. The van der Waals surface area contributed by atoms with E-state index in [4.69, 9.17) is 0 Å². The first kappa shape index (κ1) is 13.8. The van der Waals surface area contributed by atoms with Crippen LogP contribution in [-0.2, 0) is 4.79 Å². The number of piperazine rings is 1. The van der Waals surface area contributed by atoms with E-state index in [9.17, 15) is 4.79 Å². The Morgan fingerprint density at radius 2 is 1.44 bits per heavy atom. The largest absolute Gasteiger partial charge is 0.340 e. The molecule has 0 aliphatic carbocycles. The van der Waals surface area contributed by atoms with Crippen LogP contribution in [0.2, 0.25) is 0 Å². The minimum atomic E-state index is 0.312. The molecular formula is C14H27N3O. The molecular weight excluding hydrogens is 226 g/mol. The van der Waals surface area contributed by atoms with Gasteiger partial charge in [-0.15, -0.1) is 0 Å². The van der Waals surface area contributed by atoms with Gasteiger partial charge >= 0.3 is 0 Å². The van der Waals surface area contributed by atoms with E-state index in [1.54, 1.807) is 0 Å². The van der Waals surface area contributed by atoms with Crippen molar-refractivity contribution in [1.29, 1.82) is 0 Å². The van der Waals surface area contributed by atoms with Gasteiger partial charge in [-0.05, 0) is 45.4 Å². The van der Waals surface area contributed by atoms with Gasteiger partial charge in [0.1, 0.15) is 0 Å². The molecule has 0 unspecified atom stereocenters. The van der Waals surface area contributed by atoms with Crippen LogP contribution in [0.25, 0.3) is 0 Å². The van der Waals surface area contributed by atoms with Gasteiger partial charge in [0, 0.05) is 32.6 Å². The molecule has 0 aromatic rings. The van der Waals surface area contributed by atoms with Crippen LogP contribution in [0.1, 0.15) is 32.6 Å². The summed E-state index contributed by atoms with van der Waals surface area (Å²) in [4.78, 5) is 18.7. The molecule has 0 saturated carbocycles. The maximum atomic E-state index is 11.6. The lowest BCUT2D eigenvalue weighted by atomic mass is 10.2. The number of rotatable bonds is 5. The highest BCUT2D eigenvalue weighted by Crippen LogP contribution is 2.09. The van der Waals surface area contributed by atoms with E-state index in [1.165, 1.54) is 45.4 Å². The maximum Gasteiger partial charge on any atom is 0.222 e. The Morgan fingerprint density at radius 3 is 2.00 bits per heavy atom. The summed E-state index contributed by atoms with van der Waals surface area (Å²) in [5.74, 6) is 0.312. The van der Waals surface area contributed by atoms with Crippen LogP contribution in [0, 0.1) is 0 Å². The fourth-order valence-electron chi connectivity index (χ4n) is 2.97. The molecule has 4 nitrogen and oxygen atoms in total. The minimum Gasteiger partial charge on any atom is -0.340 e. The van der Waals surface area contributed by atoms with Crippen LogP contribution in [-0.4, -0.2) is 73.0 Å². The number of carbonyl (C=O) groups is 1. The van der Waals surface area contributed by atoms with Crippen molar-refractivity contribution in [3.05, 3.63) is 0 Å². The lowest BCUT2D eigenvalue weighted by Crippen LogP contribution is -2.48. The van der Waals surface area contributed by atoms with Crippen LogP contribution in [0.5, 0.6) is 0 Å². The summed E-state index contributed by atoms with van der Waals surface area (Å²) in [6, 6.07) is 0. The van der Waals surface area contributed by atoms with Crippen molar-refractivity contribution in [3.63, 3.8) is 0 Å². The molecule has 0 spiro atoms. The van der Waals surface area contributed by atoms with E-state index in [2.05, 4.69) is 9.80 Å². The van der Waals surface area contributed by atoms with E-state index < -0.39 is 0 Å². The lowest BCUT2D eigenvalue weighted by Gasteiger charge is -2.34. The SMILES string of the molecule is CCC(=O)N1CCN(CCCN2CCCC2)CC1. The second-order valence-corrected chi connectivity index (χ2v) is 5.48. The Labute approximate surface area is 111 Å². The zero-order valence-corrected chi connectivity index (χ0v) is 11.7. The van der Waals surface area contributed by atoms with Gasteiger partial charge in [-0.25, -0.2) is 0 Å². The Balaban J connectivity index is 1.57. The number of nitrogens with zero attached hydrogens (tertiary/aromatic N) is 3. The fourth-order valence-corrected chi connectivity index (χ4v) is 2.97. The smallest absolute Gasteiger partial charge is 0.222 e. The molecule has 2 fully saturated rings. The first-order valence-electron chi connectivity index (χ1n) is 7.52. The molecule has 2 rings (SSSR count). The molecule has 0 atom stereocenters. The summed E-state index contributed by atoms with van der Waals surface area (Å²) < 4.78 is 0. The van der Waals surface area contributed by atoms with Crippen molar-refractivity contribution in [2.45, 2.75) is 32.6 Å². The number of amides is 1. The van der Waals surface area contributed by atoms with Crippen molar-refractivity contribution in [2.24, 2.45) is 0 Å². The second kappa shape index (κ2) is 7.10. The first-order valence-corrected chi connectivity index (χ1v) is 7.52. The van der Waals surface area contributed by atoms with Crippen LogP contribution >= 0.6 is 0 Å². The van der Waals surface area contributed by atoms with Crippen molar-refractivity contribution in [1.82, 2.24) is 14.7 Å². The van der Waals surface area contributed by atoms with Gasteiger partial charge in [-0.1, -0.05) is 6.92 Å². The summed E-state index contributed by atoms with van der Waals surface area (Å²) in [5.41, 5.74) is 0. The topological polar surface area (TPSA) is 26.8 Å². The zero-order chi connectivity index (χ0) is 12.8. The van der Waals surface area contributed by atoms with Gasteiger partial charge in [0.15, 0.2) is 0 Å². The minimum absolute atomic E-state index is 0.312. The number of likely N-dealkylation sites (tertiary alicyclic amines) is 1. The lowest BCUT2D eigenvalue weighted by molar-refractivity contribution is -0.132. The Hall–Kier alpha value is -0.610. The van der Waals surface area contributed by atoms with Crippen molar-refractivity contribution in [2.75, 3.05) is 52.4 Å². The van der Waals surface area contributed by atoms with Gasteiger partial charge in [0.25, 0.3) is 0 Å². The standard InChI is InChI=1S/C14H27N3O/c1-2-14(18)17-12-10-16(11-13-17)9-5-8-15-6-3-4-7-15/h2-13H2,1H3. The molecule has 2 aliphatic rings. The summed E-state index contributed by atoms with van der Waals surface area (Å²) in [5, 5.41) is 0. The van der Waals surface area contributed by atoms with E-state index in [1.807, 2.05) is 11.8 Å². The third-order valence-corrected chi connectivity index (χ3v) is 4.17. The van der Waals surface area contributed by atoms with E-state index in [0.29, 0.717) is 12.3 Å². The summed E-state index contributed by atoms with van der Waals surface area (Å²) >= 11 is 0. The van der Waals surface area contributed by atoms with E-state index >= 15 is 0 Å². The quantitative estimate of drug-likeness (QED) is 0.732. The zero-order valence-electron chi connectivity index (χ0n) is 11.7. The molecule has 18 heavy (non-hydrogen) atoms. The van der Waals surface area contributed by atoms with Gasteiger partial charge in [-0.3, -0.25) is 9.69 Å². The molecule has 0 radical (unpaired) electrons. The molecule has 0 aromatic carbocycles. The number of hydrogen-bond acceptors (Lipinski definition) is 3. The predicted octanol–water partition coefficient (Wildman–Crippen LogP) is 1.03. The first-order chi connectivity index (χ1) is 8.79. The highest BCUT2D eigenvalue weighted by molar-refractivity contribution is 5.75. The highest BCUT2D eigenvalue weighted by Gasteiger charge is 2.19. The van der Waals surface area contributed by atoms with E-state index in [-0.39, 0.29) is 0 Å². The molecule has 1 amide bonds. The normalized spacial score (nSPS) is 22.6. The Morgan fingerprint density at radius 1 is 0.889 bits per heavy atom. The third-order valence-electron chi connectivity index (χ3n) is 4.17. The van der Waals surface area contributed by atoms with Gasteiger partial charge in [0.05, 0.1) is 0 Å². The van der Waals surface area contributed by atoms with Crippen LogP contribution in [0.3, 0.4) is 0 Å². The fraction of sp³-hybridized carbons (Fsp3) is 0.929. The van der Waals surface area contributed by atoms with Gasteiger partial charge in [-0.2, -0.15) is 0 Å². The van der Waals surface area contributed by atoms with E-state index in [0.717, 1.165) is 26.2 Å². The average Bonchev–Trinajstić information content (AvgIpc) is 2.92. The highest BCUT2D eigenvalue weighted by atomic mass is 16.2. The number of hydrogen-bond donors (Lipinski definition) is 0. The molecule has 2 aliphatic heterocycles. The van der Waals surface area contributed by atoms with Gasteiger partial charge < -0.3 is 9.80 Å². The Kier molecular flexibility index (Phi) is 5.45. The molecule has 104 valence electrons. The van der Waals surface area contributed by atoms with Gasteiger partial charge in [0.2, 0.25) is 5.91 Å². The summed E-state index contributed by atoms with van der Waals surface area (Å²) in [6.07, 6.45) is 4.70. The summed E-state index contributed by atoms with van der Waals surface area (Å²) in [7, 11) is 0. The van der Waals surface area contributed by atoms with Crippen molar-refractivity contribution >= 4 is 5.91 Å². The van der Waals surface area contributed by atoms with Crippen LogP contribution in [0.15, 0.2) is 0 Å². The Bertz CT molecular complexity index is 256. The molecule has 0 aromatic heterocycles.